The molecule has 1 unspecified atom stereocenters. The second-order valence-corrected chi connectivity index (χ2v) is 4.99. The molecule has 0 bridgehead atoms. The Labute approximate surface area is 125 Å². The molecule has 0 saturated carbocycles. The quantitative estimate of drug-likeness (QED) is 0.503. The highest BCUT2D eigenvalue weighted by atomic mass is 15.1. The molecule has 0 saturated heterocycles. The summed E-state index contributed by atoms with van der Waals surface area (Å²) in [5.41, 5.74) is 3.96. The third kappa shape index (κ3) is 4.35. The second kappa shape index (κ2) is 7.48. The van der Waals surface area contributed by atoms with Crippen molar-refractivity contribution in [2.45, 2.75) is 26.3 Å². The van der Waals surface area contributed by atoms with Crippen molar-refractivity contribution in [3.8, 4) is 0 Å². The normalized spacial score (nSPS) is 18.1. The summed E-state index contributed by atoms with van der Waals surface area (Å²) in [7, 11) is 0. The van der Waals surface area contributed by atoms with E-state index in [2.05, 4.69) is 46.9 Å². The topological polar surface area (TPSA) is 50.9 Å². The van der Waals surface area contributed by atoms with Crippen LogP contribution < -0.4 is 9.98 Å². The third-order valence-electron chi connectivity index (χ3n) is 3.28. The maximum Gasteiger partial charge on any atom is 0.297 e. The second-order valence-electron chi connectivity index (χ2n) is 4.99. The Morgan fingerprint density at radius 3 is 2.76 bits per heavy atom. The Morgan fingerprint density at radius 2 is 2.10 bits per heavy atom. The van der Waals surface area contributed by atoms with Crippen LogP contribution in [0.5, 0.6) is 0 Å². The average molecular weight is 281 g/mol. The first-order valence-electron chi connectivity index (χ1n) is 7.15. The van der Waals surface area contributed by atoms with Gasteiger partial charge in [0.05, 0.1) is 17.0 Å². The van der Waals surface area contributed by atoms with Gasteiger partial charge in [-0.2, -0.15) is 10.2 Å². The molecule has 1 aliphatic rings. The molecule has 1 aromatic carbocycles. The van der Waals surface area contributed by atoms with Crippen LogP contribution >= 0.6 is 0 Å². The van der Waals surface area contributed by atoms with E-state index in [9.17, 15) is 0 Å². The summed E-state index contributed by atoms with van der Waals surface area (Å²) in [6.07, 6.45) is 6.72. The standard InChI is InChI=1S/C17H21N4/c1-4-19-16-9-10-17(14(11-16)12-18-3)21-20-15-7-5-13(2)6-8-15/h5-10,12,16,19H,3-4,11H2,1-2H3/q+1. The average Bonchev–Trinajstić information content (AvgIpc) is 2.49. The Bertz CT molecular complexity index is 617. The van der Waals surface area contributed by atoms with Crippen LogP contribution in [0.1, 0.15) is 18.9 Å². The summed E-state index contributed by atoms with van der Waals surface area (Å²) in [5.74, 6) is 0. The van der Waals surface area contributed by atoms with E-state index in [4.69, 9.17) is 0 Å². The van der Waals surface area contributed by atoms with Crippen LogP contribution in [0.3, 0.4) is 0 Å². The van der Waals surface area contributed by atoms with Crippen molar-refractivity contribution in [1.82, 2.24) is 9.98 Å². The van der Waals surface area contributed by atoms with Gasteiger partial charge in [0, 0.05) is 12.5 Å². The third-order valence-corrected chi connectivity index (χ3v) is 3.28. The minimum Gasteiger partial charge on any atom is -0.310 e. The van der Waals surface area contributed by atoms with Crippen molar-refractivity contribution >= 4 is 18.6 Å². The van der Waals surface area contributed by atoms with Gasteiger partial charge in [-0.3, -0.25) is 0 Å². The van der Waals surface area contributed by atoms with Crippen molar-refractivity contribution in [3.63, 3.8) is 0 Å². The number of rotatable bonds is 5. The molecule has 1 aromatic rings. The van der Waals surface area contributed by atoms with E-state index in [-0.39, 0.29) is 0 Å². The lowest BCUT2D eigenvalue weighted by Crippen LogP contribution is -2.29. The maximum atomic E-state index is 4.35. The fourth-order valence-electron chi connectivity index (χ4n) is 2.18. The highest BCUT2D eigenvalue weighted by Gasteiger charge is 2.17. The van der Waals surface area contributed by atoms with Gasteiger partial charge >= 0.3 is 0 Å². The van der Waals surface area contributed by atoms with Gasteiger partial charge in [-0.05, 0) is 31.7 Å². The van der Waals surface area contributed by atoms with Crippen LogP contribution in [0.4, 0.5) is 5.69 Å². The molecule has 0 aromatic heterocycles. The first kappa shape index (κ1) is 15.1. The highest BCUT2D eigenvalue weighted by Crippen LogP contribution is 2.21. The number of likely N-dealkylation sites (N-methyl/N-ethyl adjacent to an activating group) is 1. The van der Waals surface area contributed by atoms with Gasteiger partial charge in [-0.15, -0.1) is 4.67 Å². The lowest BCUT2D eigenvalue weighted by Gasteiger charge is -2.17. The molecular formula is C17H21N4+. The number of nitrogens with one attached hydrogen (secondary N) is 1. The molecule has 1 N–H and O–H groups in total. The summed E-state index contributed by atoms with van der Waals surface area (Å²) < 4.78 is 3.87. The molecule has 108 valence electrons. The molecule has 1 atom stereocenters. The lowest BCUT2D eigenvalue weighted by atomic mass is 9.99. The highest BCUT2D eigenvalue weighted by molar-refractivity contribution is 5.81. The van der Waals surface area contributed by atoms with E-state index in [0.29, 0.717) is 6.04 Å². The predicted molar refractivity (Wildman–Crippen MR) is 89.3 cm³/mol. The first-order chi connectivity index (χ1) is 10.2. The fraction of sp³-hybridized carbons (Fsp3) is 0.294. The molecule has 2 rings (SSSR count). The monoisotopic (exact) mass is 281 g/mol. The van der Waals surface area contributed by atoms with Crippen LogP contribution in [0.15, 0.2) is 57.9 Å². The van der Waals surface area contributed by atoms with Gasteiger partial charge in [0.2, 0.25) is 0 Å². The summed E-state index contributed by atoms with van der Waals surface area (Å²) in [6.45, 7) is 8.62. The van der Waals surface area contributed by atoms with E-state index in [1.165, 1.54) is 5.56 Å². The number of azo groups is 1. The fourth-order valence-corrected chi connectivity index (χ4v) is 2.18. The Morgan fingerprint density at radius 1 is 1.33 bits per heavy atom. The molecule has 4 nitrogen and oxygen atoms in total. The Balaban J connectivity index is 2.19. The van der Waals surface area contributed by atoms with E-state index >= 15 is 0 Å². The number of aryl methyl sites for hydroxylation is 1. The number of benzene rings is 1. The largest absolute Gasteiger partial charge is 0.310 e. The van der Waals surface area contributed by atoms with Gasteiger partial charge in [0.15, 0.2) is 0 Å². The first-order valence-corrected chi connectivity index (χ1v) is 7.15. The predicted octanol–water partition coefficient (Wildman–Crippen LogP) is 3.11. The van der Waals surface area contributed by atoms with E-state index in [1.807, 2.05) is 30.3 Å². The smallest absolute Gasteiger partial charge is 0.297 e. The maximum absolute atomic E-state index is 4.35. The molecule has 0 aliphatic heterocycles. The van der Waals surface area contributed by atoms with Crippen LogP contribution in [0, 0.1) is 6.92 Å². The van der Waals surface area contributed by atoms with Crippen molar-refractivity contribution in [2.24, 2.45) is 10.2 Å². The molecule has 21 heavy (non-hydrogen) atoms. The van der Waals surface area contributed by atoms with Gasteiger partial charge in [-0.1, -0.05) is 30.7 Å². The van der Waals surface area contributed by atoms with Gasteiger partial charge in [-0.25, -0.2) is 0 Å². The van der Waals surface area contributed by atoms with Gasteiger partial charge in [0.25, 0.3) is 12.9 Å². The summed E-state index contributed by atoms with van der Waals surface area (Å²) in [4.78, 5) is 0. The SMILES string of the molecule is C=[N+]=CC1=C(N=Nc2ccc(C)cc2)C=CC(NCC)C1. The molecule has 0 heterocycles. The van der Waals surface area contributed by atoms with Crippen LogP contribution in [0.25, 0.3) is 0 Å². The minimum absolute atomic E-state index is 0.321. The minimum atomic E-state index is 0.321. The van der Waals surface area contributed by atoms with Gasteiger partial charge in [0.1, 0.15) is 0 Å². The molecule has 0 radical (unpaired) electrons. The molecule has 1 aliphatic carbocycles. The number of allylic oxidation sites excluding steroid dienone is 1. The molecular weight excluding hydrogens is 260 g/mol. The zero-order chi connectivity index (χ0) is 15.1. The number of nitrogens with zero attached hydrogens (tertiary/aromatic N) is 3. The summed E-state index contributed by atoms with van der Waals surface area (Å²) in [6, 6.07) is 8.30. The van der Waals surface area contributed by atoms with Crippen LogP contribution in [-0.4, -0.2) is 25.5 Å². The number of hydrogen-bond acceptors (Lipinski definition) is 3. The zero-order valence-corrected chi connectivity index (χ0v) is 12.6. The van der Waals surface area contributed by atoms with Crippen molar-refractivity contribution in [1.29, 1.82) is 0 Å². The van der Waals surface area contributed by atoms with E-state index < -0.39 is 0 Å². The zero-order valence-electron chi connectivity index (χ0n) is 12.6. The van der Waals surface area contributed by atoms with Crippen LogP contribution in [0.2, 0.25) is 0 Å². The van der Waals surface area contributed by atoms with Crippen molar-refractivity contribution < 1.29 is 0 Å². The molecule has 4 heteroatoms. The Hall–Kier alpha value is -2.29. The molecule has 0 amide bonds. The Kier molecular flexibility index (Phi) is 5.38. The number of hydrogen-bond donors (Lipinski definition) is 1. The molecule has 0 fully saturated rings. The van der Waals surface area contributed by atoms with E-state index in [0.717, 1.165) is 29.9 Å². The van der Waals surface area contributed by atoms with Crippen LogP contribution in [-0.2, 0) is 0 Å². The van der Waals surface area contributed by atoms with Crippen molar-refractivity contribution in [2.75, 3.05) is 6.54 Å². The summed E-state index contributed by atoms with van der Waals surface area (Å²) in [5, 5.41) is 12.0. The lowest BCUT2D eigenvalue weighted by molar-refractivity contribution is 0.609. The van der Waals surface area contributed by atoms with Gasteiger partial charge < -0.3 is 5.32 Å². The van der Waals surface area contributed by atoms with Crippen molar-refractivity contribution in [3.05, 3.63) is 53.3 Å². The van der Waals surface area contributed by atoms with E-state index in [1.54, 1.807) is 6.21 Å². The summed E-state index contributed by atoms with van der Waals surface area (Å²) >= 11 is 0. The molecule has 0 spiro atoms.